The van der Waals surface area contributed by atoms with Crippen molar-refractivity contribution in [3.05, 3.63) is 59.4 Å². The smallest absolute Gasteiger partial charge is 0.204 e. The van der Waals surface area contributed by atoms with Gasteiger partial charge in [-0.05, 0) is 68.1 Å². The Morgan fingerprint density at radius 1 is 0.913 bits per heavy atom. The van der Waals surface area contributed by atoms with Crippen LogP contribution < -0.4 is 10.1 Å². The lowest BCUT2D eigenvalue weighted by Crippen LogP contribution is -2.28. The van der Waals surface area contributed by atoms with Gasteiger partial charge in [-0.15, -0.1) is 0 Å². The summed E-state index contributed by atoms with van der Waals surface area (Å²) < 4.78 is 45.0. The Morgan fingerprint density at radius 3 is 2.30 bits per heavy atom. The first-order valence-corrected chi connectivity index (χ1v) is 7.74. The molecule has 2 nitrogen and oxygen atoms in total. The summed E-state index contributed by atoms with van der Waals surface area (Å²) >= 11 is 0. The summed E-state index contributed by atoms with van der Waals surface area (Å²) in [5, 5.41) is 3.34. The molecular weight excluding hydrogens is 303 g/mol. The van der Waals surface area contributed by atoms with E-state index in [9.17, 15) is 13.2 Å². The Bertz CT molecular complexity index is 667. The van der Waals surface area contributed by atoms with Crippen LogP contribution in [-0.4, -0.2) is 13.1 Å². The van der Waals surface area contributed by atoms with E-state index in [1.54, 1.807) is 12.1 Å². The van der Waals surface area contributed by atoms with Crippen molar-refractivity contribution in [2.24, 2.45) is 5.92 Å². The lowest BCUT2D eigenvalue weighted by atomic mass is 9.91. The molecule has 1 aliphatic heterocycles. The summed E-state index contributed by atoms with van der Waals surface area (Å²) in [6.45, 7) is 2.11. The molecule has 0 saturated carbocycles. The molecule has 0 amide bonds. The molecule has 1 heterocycles. The zero-order valence-corrected chi connectivity index (χ0v) is 12.6. The van der Waals surface area contributed by atoms with E-state index >= 15 is 0 Å². The number of nitrogens with one attached hydrogen (secondary N) is 1. The highest BCUT2D eigenvalue weighted by atomic mass is 19.2. The van der Waals surface area contributed by atoms with Crippen LogP contribution in [-0.2, 0) is 6.42 Å². The van der Waals surface area contributed by atoms with Crippen LogP contribution in [0.25, 0.3) is 0 Å². The maximum Gasteiger partial charge on any atom is 0.204 e. The lowest BCUT2D eigenvalue weighted by Gasteiger charge is -2.22. The molecule has 0 unspecified atom stereocenters. The van der Waals surface area contributed by atoms with Crippen LogP contribution in [0.1, 0.15) is 18.4 Å². The zero-order chi connectivity index (χ0) is 16.2. The molecule has 0 atom stereocenters. The molecule has 23 heavy (non-hydrogen) atoms. The molecule has 2 aromatic carbocycles. The molecule has 0 bridgehead atoms. The highest BCUT2D eigenvalue weighted by molar-refractivity contribution is 5.34. The minimum absolute atomic E-state index is 0.324. The summed E-state index contributed by atoms with van der Waals surface area (Å²) in [5.41, 5.74) is 1.19. The molecular formula is C18H18F3NO. The molecule has 5 heteroatoms. The number of hydrogen-bond donors (Lipinski definition) is 1. The molecule has 1 N–H and O–H groups in total. The fourth-order valence-electron chi connectivity index (χ4n) is 2.83. The molecule has 0 aliphatic carbocycles. The van der Waals surface area contributed by atoms with Crippen LogP contribution in [0.3, 0.4) is 0 Å². The summed E-state index contributed by atoms with van der Waals surface area (Å²) in [5.74, 6) is -3.33. The third kappa shape index (κ3) is 3.85. The number of benzene rings is 2. The number of halogens is 3. The van der Waals surface area contributed by atoms with E-state index in [2.05, 4.69) is 5.32 Å². The third-order valence-corrected chi connectivity index (χ3v) is 4.13. The fourth-order valence-corrected chi connectivity index (χ4v) is 2.83. The monoisotopic (exact) mass is 321 g/mol. The standard InChI is InChI=1S/C18H18F3NO/c19-15-5-6-16(18(21)17(15)20)23-14-3-1-12(2-4-14)11-13-7-9-22-10-8-13/h1-6,13,22H,7-11H2. The zero-order valence-electron chi connectivity index (χ0n) is 12.6. The van der Waals surface area contributed by atoms with Gasteiger partial charge in [-0.2, -0.15) is 4.39 Å². The molecule has 0 spiro atoms. The van der Waals surface area contributed by atoms with Crippen molar-refractivity contribution in [1.29, 1.82) is 0 Å². The maximum atomic E-state index is 13.6. The van der Waals surface area contributed by atoms with Gasteiger partial charge in [0, 0.05) is 0 Å². The van der Waals surface area contributed by atoms with Crippen LogP contribution in [0.5, 0.6) is 11.5 Å². The number of hydrogen-bond acceptors (Lipinski definition) is 2. The Kier molecular flexibility index (Phi) is 4.86. The van der Waals surface area contributed by atoms with Crippen molar-refractivity contribution in [3.63, 3.8) is 0 Å². The number of piperidine rings is 1. The van der Waals surface area contributed by atoms with E-state index in [4.69, 9.17) is 4.74 Å². The third-order valence-electron chi connectivity index (χ3n) is 4.13. The summed E-state index contributed by atoms with van der Waals surface area (Å²) in [6.07, 6.45) is 3.33. The maximum absolute atomic E-state index is 13.6. The van der Waals surface area contributed by atoms with Crippen LogP contribution in [0.4, 0.5) is 13.2 Å². The Hall–Kier alpha value is -2.01. The molecule has 2 aromatic rings. The highest BCUT2D eigenvalue weighted by Gasteiger charge is 2.16. The van der Waals surface area contributed by atoms with Gasteiger partial charge in [0.25, 0.3) is 0 Å². The second kappa shape index (κ2) is 7.04. The van der Waals surface area contributed by atoms with Gasteiger partial charge in [0.1, 0.15) is 5.75 Å². The molecule has 0 aromatic heterocycles. The van der Waals surface area contributed by atoms with Gasteiger partial charge in [0.2, 0.25) is 5.82 Å². The van der Waals surface area contributed by atoms with E-state index in [-0.39, 0.29) is 5.75 Å². The number of rotatable bonds is 4. The molecule has 1 fully saturated rings. The first-order chi connectivity index (χ1) is 11.1. The average Bonchev–Trinajstić information content (AvgIpc) is 2.58. The topological polar surface area (TPSA) is 21.3 Å². The normalized spacial score (nSPS) is 15.6. The van der Waals surface area contributed by atoms with Crippen molar-refractivity contribution < 1.29 is 17.9 Å². The van der Waals surface area contributed by atoms with Gasteiger partial charge in [-0.3, -0.25) is 0 Å². The van der Waals surface area contributed by atoms with Gasteiger partial charge in [-0.25, -0.2) is 8.78 Å². The Labute approximate surface area is 133 Å². The van der Waals surface area contributed by atoms with Crippen molar-refractivity contribution >= 4 is 0 Å². The predicted molar refractivity (Wildman–Crippen MR) is 82.1 cm³/mol. The minimum Gasteiger partial charge on any atom is -0.454 e. The summed E-state index contributed by atoms with van der Waals surface area (Å²) in [6, 6.07) is 9.22. The average molecular weight is 321 g/mol. The van der Waals surface area contributed by atoms with Gasteiger partial charge in [0.15, 0.2) is 17.4 Å². The van der Waals surface area contributed by atoms with Crippen LogP contribution in [0, 0.1) is 23.4 Å². The number of ether oxygens (including phenoxy) is 1. The summed E-state index contributed by atoms with van der Waals surface area (Å²) in [4.78, 5) is 0. The van der Waals surface area contributed by atoms with Gasteiger partial charge in [0.05, 0.1) is 0 Å². The SMILES string of the molecule is Fc1ccc(Oc2ccc(CC3CCNCC3)cc2)c(F)c1F. The molecule has 1 aliphatic rings. The Balaban J connectivity index is 1.66. The summed E-state index contributed by atoms with van der Waals surface area (Å²) in [7, 11) is 0. The molecule has 1 saturated heterocycles. The Morgan fingerprint density at radius 2 is 1.61 bits per heavy atom. The first-order valence-electron chi connectivity index (χ1n) is 7.74. The van der Waals surface area contributed by atoms with E-state index in [1.807, 2.05) is 12.1 Å². The minimum atomic E-state index is -1.52. The van der Waals surface area contributed by atoms with Gasteiger partial charge < -0.3 is 10.1 Å². The molecule has 3 rings (SSSR count). The van der Waals surface area contributed by atoms with Crippen molar-refractivity contribution in [1.82, 2.24) is 5.32 Å². The lowest BCUT2D eigenvalue weighted by molar-refractivity contribution is 0.372. The second-order valence-electron chi connectivity index (χ2n) is 5.82. The predicted octanol–water partition coefficient (Wildman–Crippen LogP) is 4.44. The van der Waals surface area contributed by atoms with Crippen LogP contribution >= 0.6 is 0 Å². The van der Waals surface area contributed by atoms with E-state index in [1.165, 1.54) is 5.56 Å². The fraction of sp³-hybridized carbons (Fsp3) is 0.333. The second-order valence-corrected chi connectivity index (χ2v) is 5.82. The van der Waals surface area contributed by atoms with Crippen molar-refractivity contribution in [2.75, 3.05) is 13.1 Å². The van der Waals surface area contributed by atoms with Gasteiger partial charge >= 0.3 is 0 Å². The van der Waals surface area contributed by atoms with Crippen molar-refractivity contribution in [2.45, 2.75) is 19.3 Å². The van der Waals surface area contributed by atoms with E-state index in [0.29, 0.717) is 11.7 Å². The molecule has 0 radical (unpaired) electrons. The highest BCUT2D eigenvalue weighted by Crippen LogP contribution is 2.28. The first kappa shape index (κ1) is 15.9. The van der Waals surface area contributed by atoms with E-state index in [0.717, 1.165) is 44.5 Å². The largest absolute Gasteiger partial charge is 0.454 e. The van der Waals surface area contributed by atoms with Crippen molar-refractivity contribution in [3.8, 4) is 11.5 Å². The van der Waals surface area contributed by atoms with Gasteiger partial charge in [-0.1, -0.05) is 12.1 Å². The van der Waals surface area contributed by atoms with E-state index < -0.39 is 17.5 Å². The quantitative estimate of drug-likeness (QED) is 0.841. The molecule has 122 valence electrons. The van der Waals surface area contributed by atoms with Crippen LogP contribution in [0.2, 0.25) is 0 Å². The van der Waals surface area contributed by atoms with Crippen LogP contribution in [0.15, 0.2) is 36.4 Å².